The summed E-state index contributed by atoms with van der Waals surface area (Å²) in [4.78, 5) is 21.3. The van der Waals surface area contributed by atoms with E-state index in [-0.39, 0.29) is 18.7 Å². The van der Waals surface area contributed by atoms with Crippen molar-refractivity contribution in [1.29, 1.82) is 0 Å². The lowest BCUT2D eigenvalue weighted by molar-refractivity contribution is -0.162. The minimum Gasteiger partial charge on any atom is -0.490 e. The van der Waals surface area contributed by atoms with E-state index in [1.54, 1.807) is 6.92 Å². The Bertz CT molecular complexity index is 1080. The molecule has 0 amide bonds. The molecule has 3 aromatic rings. The minimum atomic E-state index is -0.574. The normalized spacial score (nSPS) is 12.6. The lowest BCUT2D eigenvalue weighted by atomic mass is 10.0. The number of nitrogens with zero attached hydrogens (tertiary/aromatic N) is 2. The van der Waals surface area contributed by atoms with Crippen LogP contribution >= 0.6 is 0 Å². The molecule has 3 rings (SSSR count). The van der Waals surface area contributed by atoms with Crippen molar-refractivity contribution in [3.63, 3.8) is 0 Å². The van der Waals surface area contributed by atoms with Crippen molar-refractivity contribution in [2.24, 2.45) is 0 Å². The van der Waals surface area contributed by atoms with Crippen molar-refractivity contribution in [2.45, 2.75) is 84.8 Å². The number of carbonyl (C=O) groups excluding carboxylic acids is 1. The molecule has 1 aromatic heterocycles. The molecule has 0 N–H and O–H groups in total. The van der Waals surface area contributed by atoms with Crippen LogP contribution in [0.3, 0.4) is 0 Å². The molecule has 6 nitrogen and oxygen atoms in total. The van der Waals surface area contributed by atoms with E-state index in [9.17, 15) is 4.79 Å². The maximum absolute atomic E-state index is 12.2. The summed E-state index contributed by atoms with van der Waals surface area (Å²) in [6.07, 6.45) is 10.8. The van der Waals surface area contributed by atoms with Gasteiger partial charge in [-0.25, -0.2) is 14.8 Å². The first-order valence-corrected chi connectivity index (χ1v) is 14.0. The van der Waals surface area contributed by atoms with Crippen LogP contribution in [0.2, 0.25) is 0 Å². The lowest BCUT2D eigenvalue weighted by Gasteiger charge is -2.18. The fourth-order valence-electron chi connectivity index (χ4n) is 3.99. The molecule has 0 aliphatic carbocycles. The number of carbonyl (C=O) groups is 1. The Kier molecular flexibility index (Phi) is 12.2. The fourth-order valence-corrected chi connectivity index (χ4v) is 3.99. The number of unbranched alkanes of at least 4 members (excludes halogenated alkanes) is 4. The van der Waals surface area contributed by atoms with Gasteiger partial charge in [0.2, 0.25) is 0 Å². The minimum absolute atomic E-state index is 0.260. The zero-order chi connectivity index (χ0) is 27.2. The van der Waals surface area contributed by atoms with Crippen molar-refractivity contribution >= 4 is 5.97 Å². The zero-order valence-electron chi connectivity index (χ0n) is 23.3. The summed E-state index contributed by atoms with van der Waals surface area (Å²) in [7, 11) is 0. The molecule has 0 spiro atoms. The Morgan fingerprint density at radius 2 is 1.42 bits per heavy atom. The number of benzene rings is 2. The largest absolute Gasteiger partial charge is 0.490 e. The Hall–Kier alpha value is -3.25. The Morgan fingerprint density at radius 1 is 0.789 bits per heavy atom. The number of esters is 1. The highest BCUT2D eigenvalue weighted by atomic mass is 16.6. The van der Waals surface area contributed by atoms with Gasteiger partial charge in [0.1, 0.15) is 18.5 Å². The average Bonchev–Trinajstić information content (AvgIpc) is 2.95. The zero-order valence-corrected chi connectivity index (χ0v) is 23.3. The molecule has 2 atom stereocenters. The number of ether oxygens (including phenoxy) is 3. The van der Waals surface area contributed by atoms with E-state index < -0.39 is 6.10 Å². The summed E-state index contributed by atoms with van der Waals surface area (Å²) in [5.74, 6) is 0.985. The van der Waals surface area contributed by atoms with Crippen LogP contribution in [0.5, 0.6) is 5.75 Å². The molecule has 0 fully saturated rings. The summed E-state index contributed by atoms with van der Waals surface area (Å²) in [5, 5.41) is 0. The number of rotatable bonds is 16. The van der Waals surface area contributed by atoms with Crippen molar-refractivity contribution in [1.82, 2.24) is 9.97 Å². The quantitative estimate of drug-likeness (QED) is 0.145. The van der Waals surface area contributed by atoms with Crippen LogP contribution in [0.15, 0.2) is 60.9 Å². The van der Waals surface area contributed by atoms with Gasteiger partial charge < -0.3 is 14.2 Å². The molecule has 0 aliphatic rings. The average molecular weight is 519 g/mol. The van der Waals surface area contributed by atoms with Gasteiger partial charge >= 0.3 is 5.97 Å². The molecule has 0 bridgehead atoms. The number of aryl methyl sites for hydroxylation is 1. The predicted molar refractivity (Wildman–Crippen MR) is 152 cm³/mol. The second kappa shape index (κ2) is 15.9. The van der Waals surface area contributed by atoms with Gasteiger partial charge in [-0.05, 0) is 68.5 Å². The van der Waals surface area contributed by atoms with Crippen molar-refractivity contribution < 1.29 is 19.0 Å². The van der Waals surface area contributed by atoms with Crippen LogP contribution in [-0.2, 0) is 20.7 Å². The van der Waals surface area contributed by atoms with Crippen LogP contribution in [0.1, 0.15) is 71.8 Å². The van der Waals surface area contributed by atoms with E-state index in [0.29, 0.717) is 18.2 Å². The Labute approximate surface area is 227 Å². The Balaban J connectivity index is 1.46. The highest BCUT2D eigenvalue weighted by Gasteiger charge is 2.18. The third-order valence-electron chi connectivity index (χ3n) is 6.37. The van der Waals surface area contributed by atoms with Gasteiger partial charge in [0, 0.05) is 30.1 Å². The smallest absolute Gasteiger partial charge is 0.335 e. The van der Waals surface area contributed by atoms with E-state index in [1.165, 1.54) is 24.8 Å². The van der Waals surface area contributed by atoms with Gasteiger partial charge in [-0.1, -0.05) is 63.8 Å². The van der Waals surface area contributed by atoms with Gasteiger partial charge in [-0.15, -0.1) is 0 Å². The number of aromatic nitrogens is 2. The molecule has 0 saturated carbocycles. The standard InChI is InChI=1S/C32H42N2O4/c1-5-7-9-11-26-12-14-27(15-13-26)29-21-33-31(34-22-29)28-16-18-30(19-17-28)37-23-24(3)38-32(35)25(4)36-20-10-8-6-2/h12-19,21-22,24-25H,5-11,20,23H2,1-4H3. The van der Waals surface area contributed by atoms with Gasteiger partial charge in [0.25, 0.3) is 0 Å². The fraction of sp³-hybridized carbons (Fsp3) is 0.469. The topological polar surface area (TPSA) is 70.5 Å². The summed E-state index contributed by atoms with van der Waals surface area (Å²) in [6, 6.07) is 16.3. The van der Waals surface area contributed by atoms with Crippen molar-refractivity contribution in [3.8, 4) is 28.3 Å². The predicted octanol–water partition coefficient (Wildman–Crippen LogP) is 7.45. The third kappa shape index (κ3) is 9.56. The first-order chi connectivity index (χ1) is 18.5. The second-order valence-corrected chi connectivity index (χ2v) is 9.75. The number of hydrogen-bond donors (Lipinski definition) is 0. The third-order valence-corrected chi connectivity index (χ3v) is 6.37. The van der Waals surface area contributed by atoms with E-state index in [0.717, 1.165) is 42.4 Å². The first-order valence-electron chi connectivity index (χ1n) is 14.0. The molecule has 0 aliphatic heterocycles. The van der Waals surface area contributed by atoms with Crippen LogP contribution < -0.4 is 4.74 Å². The van der Waals surface area contributed by atoms with E-state index >= 15 is 0 Å². The van der Waals surface area contributed by atoms with Crippen LogP contribution in [0, 0.1) is 0 Å². The van der Waals surface area contributed by atoms with Gasteiger partial charge in [-0.2, -0.15) is 0 Å². The lowest BCUT2D eigenvalue weighted by Crippen LogP contribution is -2.30. The molecule has 204 valence electrons. The molecule has 0 saturated heterocycles. The SMILES string of the molecule is CCCCCOC(C)C(=O)OC(C)COc1ccc(-c2ncc(-c3ccc(CCCCC)cc3)cn2)cc1. The molecule has 0 radical (unpaired) electrons. The maximum atomic E-state index is 12.2. The van der Waals surface area contributed by atoms with E-state index in [1.807, 2.05) is 43.6 Å². The summed E-state index contributed by atoms with van der Waals surface area (Å²) >= 11 is 0. The van der Waals surface area contributed by atoms with Gasteiger partial charge in [0.05, 0.1) is 0 Å². The van der Waals surface area contributed by atoms with Crippen LogP contribution in [0.4, 0.5) is 0 Å². The van der Waals surface area contributed by atoms with Gasteiger partial charge in [0.15, 0.2) is 11.9 Å². The maximum Gasteiger partial charge on any atom is 0.335 e. The summed E-state index contributed by atoms with van der Waals surface area (Å²) in [6.45, 7) is 8.72. The summed E-state index contributed by atoms with van der Waals surface area (Å²) in [5.41, 5.74) is 4.39. The molecular formula is C32H42N2O4. The first kappa shape index (κ1) is 29.3. The Morgan fingerprint density at radius 3 is 2.08 bits per heavy atom. The monoisotopic (exact) mass is 518 g/mol. The molecule has 38 heavy (non-hydrogen) atoms. The summed E-state index contributed by atoms with van der Waals surface area (Å²) < 4.78 is 16.8. The second-order valence-electron chi connectivity index (χ2n) is 9.75. The highest BCUT2D eigenvalue weighted by Crippen LogP contribution is 2.23. The molecule has 2 aromatic carbocycles. The van der Waals surface area contributed by atoms with Crippen LogP contribution in [-0.4, -0.2) is 41.4 Å². The van der Waals surface area contributed by atoms with E-state index in [2.05, 4.69) is 48.1 Å². The van der Waals surface area contributed by atoms with Crippen molar-refractivity contribution in [3.05, 3.63) is 66.5 Å². The number of hydrogen-bond acceptors (Lipinski definition) is 6. The molecule has 1 heterocycles. The molecular weight excluding hydrogens is 476 g/mol. The van der Waals surface area contributed by atoms with Crippen molar-refractivity contribution in [2.75, 3.05) is 13.2 Å². The molecule has 6 heteroatoms. The van der Waals surface area contributed by atoms with E-state index in [4.69, 9.17) is 14.2 Å². The molecule has 2 unspecified atom stereocenters. The van der Waals surface area contributed by atoms with Gasteiger partial charge in [-0.3, -0.25) is 0 Å². The highest BCUT2D eigenvalue weighted by molar-refractivity contribution is 5.74. The van der Waals surface area contributed by atoms with Crippen LogP contribution in [0.25, 0.3) is 22.5 Å².